The zero-order chi connectivity index (χ0) is 10.0. The molecule has 0 saturated heterocycles. The summed E-state index contributed by atoms with van der Waals surface area (Å²) in [4.78, 5) is 10.6. The molecule has 0 radical (unpaired) electrons. The molecule has 5 heteroatoms. The van der Waals surface area contributed by atoms with Gasteiger partial charge in [0.2, 0.25) is 0 Å². The number of benzene rings is 1. The van der Waals surface area contributed by atoms with Crippen molar-refractivity contribution in [3.05, 3.63) is 34.5 Å². The Morgan fingerprint density at radius 3 is 2.54 bits per heavy atom. The molecule has 0 aliphatic carbocycles. The summed E-state index contributed by atoms with van der Waals surface area (Å²) in [5, 5.41) is 26.7. The molecule has 0 heterocycles. The molecule has 1 aromatic rings. The maximum atomic E-state index is 10.6. The number of carboxylic acid groups (broad SMARTS) is 1. The predicted molar refractivity (Wildman–Crippen MR) is 43.9 cm³/mol. The van der Waals surface area contributed by atoms with Crippen LogP contribution >= 0.6 is 0 Å². The Bertz CT molecular complexity index is 335. The fraction of sp³-hybridized carbons (Fsp3) is 0.125. The van der Waals surface area contributed by atoms with Crippen LogP contribution in [0.3, 0.4) is 0 Å². The van der Waals surface area contributed by atoms with E-state index in [-0.39, 0.29) is 11.3 Å². The van der Waals surface area contributed by atoms with Crippen LogP contribution in [0.4, 0.5) is 5.69 Å². The number of carboxylic acids is 1. The summed E-state index contributed by atoms with van der Waals surface area (Å²) in [5.41, 5.74) is 0.680. The minimum Gasteiger partial charge on any atom is -0.595 e. The summed E-state index contributed by atoms with van der Waals surface area (Å²) in [6.45, 7) is 1.57. The van der Waals surface area contributed by atoms with Crippen molar-refractivity contribution in [2.75, 3.05) is 0 Å². The van der Waals surface area contributed by atoms with Crippen molar-refractivity contribution >= 4 is 11.7 Å². The van der Waals surface area contributed by atoms with Crippen molar-refractivity contribution in [1.82, 2.24) is 0 Å². The van der Waals surface area contributed by atoms with E-state index in [0.717, 1.165) is 0 Å². The Kier molecular flexibility index (Phi) is 2.62. The summed E-state index contributed by atoms with van der Waals surface area (Å²) in [7, 11) is 0. The molecule has 0 amide bonds. The van der Waals surface area contributed by atoms with Gasteiger partial charge in [-0.3, -0.25) is 0 Å². The third-order valence-electron chi connectivity index (χ3n) is 1.70. The van der Waals surface area contributed by atoms with Gasteiger partial charge in [-0.2, -0.15) is 5.23 Å². The van der Waals surface area contributed by atoms with Crippen LogP contribution in [0, 0.1) is 12.1 Å². The zero-order valence-corrected chi connectivity index (χ0v) is 6.94. The lowest BCUT2D eigenvalue weighted by molar-refractivity contribution is -0.991. The summed E-state index contributed by atoms with van der Waals surface area (Å²) in [6, 6.07) is 3.91. The van der Waals surface area contributed by atoms with Crippen molar-refractivity contribution in [3.8, 4) is 0 Å². The Balaban J connectivity index is 3.13. The van der Waals surface area contributed by atoms with E-state index >= 15 is 0 Å². The van der Waals surface area contributed by atoms with E-state index in [2.05, 4.69) is 0 Å². The second-order valence-corrected chi connectivity index (χ2v) is 2.64. The van der Waals surface area contributed by atoms with E-state index in [1.807, 2.05) is 0 Å². The van der Waals surface area contributed by atoms with Crippen LogP contribution in [0.15, 0.2) is 18.2 Å². The van der Waals surface area contributed by atoms with Gasteiger partial charge >= 0.3 is 5.97 Å². The van der Waals surface area contributed by atoms with E-state index in [1.165, 1.54) is 18.2 Å². The Morgan fingerprint density at radius 2 is 2.15 bits per heavy atom. The maximum absolute atomic E-state index is 10.6. The van der Waals surface area contributed by atoms with Crippen LogP contribution in [-0.2, 0) is 0 Å². The van der Waals surface area contributed by atoms with Gasteiger partial charge in [0.05, 0.1) is 5.56 Å². The molecule has 1 unspecified atom stereocenters. The molecule has 0 aliphatic rings. The van der Waals surface area contributed by atoms with E-state index in [4.69, 9.17) is 10.3 Å². The summed E-state index contributed by atoms with van der Waals surface area (Å²) in [6.07, 6.45) is 0. The number of hydrogen-bond donors (Lipinski definition) is 3. The maximum Gasteiger partial charge on any atom is 0.335 e. The van der Waals surface area contributed by atoms with Crippen molar-refractivity contribution in [1.29, 1.82) is 0 Å². The quantitative estimate of drug-likeness (QED) is 0.567. The number of carbonyl (C=O) groups is 1. The molecule has 13 heavy (non-hydrogen) atoms. The molecule has 1 atom stereocenters. The van der Waals surface area contributed by atoms with Gasteiger partial charge < -0.3 is 10.3 Å². The first-order valence-electron chi connectivity index (χ1n) is 3.59. The van der Waals surface area contributed by atoms with Crippen LogP contribution < -0.4 is 5.23 Å². The predicted octanol–water partition coefficient (Wildman–Crippen LogP) is 0.0966. The standard InChI is InChI=1S/C8H9NO4/c1-5-4-6(9(12)13)2-3-7(5)8(10)11/h2-4,9,12H,1H3,(H,10,11). The van der Waals surface area contributed by atoms with Gasteiger partial charge in [0.25, 0.3) is 0 Å². The van der Waals surface area contributed by atoms with Gasteiger partial charge in [0, 0.05) is 12.1 Å². The molecule has 0 aliphatic heterocycles. The van der Waals surface area contributed by atoms with Crippen molar-refractivity contribution < 1.29 is 20.3 Å². The molecular weight excluding hydrogens is 174 g/mol. The molecule has 1 rings (SSSR count). The number of rotatable bonds is 2. The monoisotopic (exact) mass is 183 g/mol. The lowest BCUT2D eigenvalue weighted by Gasteiger charge is -2.12. The van der Waals surface area contributed by atoms with Crippen molar-refractivity contribution in [3.63, 3.8) is 0 Å². The second-order valence-electron chi connectivity index (χ2n) is 2.64. The largest absolute Gasteiger partial charge is 0.595 e. The fourth-order valence-electron chi connectivity index (χ4n) is 1.04. The number of nitrogens with one attached hydrogen (secondary N) is 1. The molecule has 0 aromatic heterocycles. The van der Waals surface area contributed by atoms with Gasteiger partial charge in [-0.05, 0) is 18.6 Å². The lowest BCUT2D eigenvalue weighted by Crippen LogP contribution is -2.99. The third-order valence-corrected chi connectivity index (χ3v) is 1.70. The summed E-state index contributed by atoms with van der Waals surface area (Å²) in [5.74, 6) is -1.05. The smallest absolute Gasteiger partial charge is 0.335 e. The fourth-order valence-corrected chi connectivity index (χ4v) is 1.04. The van der Waals surface area contributed by atoms with Crippen molar-refractivity contribution in [2.24, 2.45) is 0 Å². The number of hydrogen-bond acceptors (Lipinski definition) is 3. The van der Waals surface area contributed by atoms with Crippen LogP contribution in [0.1, 0.15) is 15.9 Å². The first-order valence-corrected chi connectivity index (χ1v) is 3.59. The number of quaternary nitrogens is 1. The number of aryl methyl sites for hydroxylation is 1. The Hall–Kier alpha value is -1.43. The first kappa shape index (κ1) is 9.66. The molecule has 3 N–H and O–H groups in total. The zero-order valence-electron chi connectivity index (χ0n) is 6.94. The normalized spacial score (nSPS) is 12.5. The minimum absolute atomic E-state index is 0.0995. The highest BCUT2D eigenvalue weighted by Crippen LogP contribution is 2.11. The molecule has 0 fully saturated rings. The molecule has 0 saturated carbocycles. The van der Waals surface area contributed by atoms with Gasteiger partial charge in [-0.15, -0.1) is 0 Å². The van der Waals surface area contributed by atoms with Gasteiger partial charge in [-0.1, -0.05) is 0 Å². The Morgan fingerprint density at radius 1 is 1.54 bits per heavy atom. The molecule has 0 bridgehead atoms. The van der Waals surface area contributed by atoms with Gasteiger partial charge in [0.15, 0.2) is 5.69 Å². The highest BCUT2D eigenvalue weighted by molar-refractivity contribution is 5.89. The van der Waals surface area contributed by atoms with Crippen LogP contribution in [0.2, 0.25) is 0 Å². The van der Waals surface area contributed by atoms with Gasteiger partial charge in [0.1, 0.15) is 0 Å². The average molecular weight is 183 g/mol. The summed E-state index contributed by atoms with van der Waals surface area (Å²) >= 11 is 0. The van der Waals surface area contributed by atoms with Crippen LogP contribution in [-0.4, -0.2) is 16.3 Å². The van der Waals surface area contributed by atoms with Gasteiger partial charge in [-0.25, -0.2) is 10.0 Å². The van der Waals surface area contributed by atoms with E-state index in [9.17, 15) is 10.0 Å². The SMILES string of the molecule is Cc1cc([NH+]([O-])O)ccc1C(=O)O. The van der Waals surface area contributed by atoms with Crippen LogP contribution in [0.25, 0.3) is 0 Å². The third kappa shape index (κ3) is 2.03. The molecule has 1 aromatic carbocycles. The van der Waals surface area contributed by atoms with Crippen molar-refractivity contribution in [2.45, 2.75) is 6.92 Å². The minimum atomic E-state index is -1.06. The summed E-state index contributed by atoms with van der Waals surface area (Å²) < 4.78 is 0. The first-order chi connectivity index (χ1) is 6.02. The Labute approximate surface area is 74.4 Å². The second kappa shape index (κ2) is 3.53. The number of aromatic carboxylic acids is 1. The van der Waals surface area contributed by atoms with E-state index < -0.39 is 11.2 Å². The van der Waals surface area contributed by atoms with E-state index in [1.54, 1.807) is 6.92 Å². The highest BCUT2D eigenvalue weighted by atomic mass is 16.8. The van der Waals surface area contributed by atoms with Crippen LogP contribution in [0.5, 0.6) is 0 Å². The molecule has 70 valence electrons. The topological polar surface area (TPSA) is 85.0 Å². The highest BCUT2D eigenvalue weighted by Gasteiger charge is 2.09. The average Bonchev–Trinajstić information content (AvgIpc) is 2.03. The molecular formula is C8H9NO4. The molecule has 5 nitrogen and oxygen atoms in total. The lowest BCUT2D eigenvalue weighted by atomic mass is 10.1. The van der Waals surface area contributed by atoms with E-state index in [0.29, 0.717) is 5.56 Å². The molecule has 0 spiro atoms.